The largest absolute Gasteiger partial charge is 0.345 e. The Balaban J connectivity index is 1.99. The molecule has 0 saturated carbocycles. The number of benzene rings is 1. The average Bonchev–Trinajstić information content (AvgIpc) is 2.60. The molecule has 1 aliphatic rings. The Labute approximate surface area is 147 Å². The number of rotatable bonds is 2. The van der Waals surface area contributed by atoms with Gasteiger partial charge in [0.2, 0.25) is 5.91 Å². The molecule has 1 saturated heterocycles. The third-order valence-corrected chi connectivity index (χ3v) is 4.40. The van der Waals surface area contributed by atoms with Crippen LogP contribution < -0.4 is 5.32 Å². The van der Waals surface area contributed by atoms with Crippen LogP contribution in [0.15, 0.2) is 42.6 Å². The van der Waals surface area contributed by atoms with E-state index < -0.39 is 5.54 Å². The highest BCUT2D eigenvalue weighted by Gasteiger charge is 2.39. The summed E-state index contributed by atoms with van der Waals surface area (Å²) in [5.41, 5.74) is 3.05. The highest BCUT2D eigenvalue weighted by molar-refractivity contribution is 5.98. The van der Waals surface area contributed by atoms with Gasteiger partial charge in [0.25, 0.3) is 0 Å². The van der Waals surface area contributed by atoms with E-state index in [2.05, 4.69) is 22.1 Å². The first kappa shape index (κ1) is 16.7. The molecule has 2 heterocycles. The molecular weight excluding hydrogens is 312 g/mol. The van der Waals surface area contributed by atoms with Gasteiger partial charge in [-0.1, -0.05) is 18.1 Å². The van der Waals surface area contributed by atoms with Crippen LogP contribution in [0.3, 0.4) is 0 Å². The lowest BCUT2D eigenvalue weighted by molar-refractivity contribution is -0.129. The maximum Gasteiger partial charge on any atom is 0.231 e. The Morgan fingerprint density at radius 3 is 2.76 bits per heavy atom. The van der Waals surface area contributed by atoms with Gasteiger partial charge in [0.15, 0.2) is 5.96 Å². The van der Waals surface area contributed by atoms with Gasteiger partial charge >= 0.3 is 0 Å². The number of aromatic nitrogens is 1. The topological polar surface area (TPSA) is 69.1 Å². The van der Waals surface area contributed by atoms with Crippen LogP contribution in [-0.2, 0) is 10.3 Å². The lowest BCUT2D eigenvalue weighted by Crippen LogP contribution is -2.58. The molecule has 2 N–H and O–H groups in total. The number of nitrogens with one attached hydrogen (secondary N) is 2. The van der Waals surface area contributed by atoms with Crippen LogP contribution in [0.25, 0.3) is 11.1 Å². The summed E-state index contributed by atoms with van der Waals surface area (Å²) in [6, 6.07) is 11.9. The lowest BCUT2D eigenvalue weighted by atomic mass is 9.89. The standard InChI is InChI=1S/C20H20N4O/c1-4-6-14-7-5-8-15(11-14)16-9-10-22-17(12-16)20(2)13-18(25)24(3)19(21)23-20/h5,7-12H,13H2,1-3H3,(H2,21,23)/t20-/m0/s1. The second kappa shape index (κ2) is 6.40. The smallest absolute Gasteiger partial charge is 0.231 e. The number of amides is 1. The van der Waals surface area contributed by atoms with Crippen LogP contribution in [0, 0.1) is 17.3 Å². The summed E-state index contributed by atoms with van der Waals surface area (Å²) in [6.45, 7) is 3.72. The summed E-state index contributed by atoms with van der Waals surface area (Å²) in [6.07, 6.45) is 1.99. The van der Waals surface area contributed by atoms with Crippen molar-refractivity contribution >= 4 is 11.9 Å². The molecule has 2 aromatic rings. The first-order valence-corrected chi connectivity index (χ1v) is 8.06. The van der Waals surface area contributed by atoms with Crippen molar-refractivity contribution in [1.29, 1.82) is 5.41 Å². The lowest BCUT2D eigenvalue weighted by Gasteiger charge is -2.38. The van der Waals surface area contributed by atoms with E-state index >= 15 is 0 Å². The Hall–Kier alpha value is -3.13. The average molecular weight is 332 g/mol. The van der Waals surface area contributed by atoms with E-state index in [0.717, 1.165) is 22.4 Å². The normalized spacial score (nSPS) is 19.9. The van der Waals surface area contributed by atoms with E-state index in [4.69, 9.17) is 5.41 Å². The minimum absolute atomic E-state index is 0.0890. The fraction of sp³-hybridized carbons (Fsp3) is 0.250. The molecule has 0 spiro atoms. The summed E-state index contributed by atoms with van der Waals surface area (Å²) in [5.74, 6) is 5.96. The first-order chi connectivity index (χ1) is 11.9. The van der Waals surface area contributed by atoms with E-state index in [0.29, 0.717) is 0 Å². The Bertz CT molecular complexity index is 889. The summed E-state index contributed by atoms with van der Waals surface area (Å²) in [7, 11) is 1.60. The minimum Gasteiger partial charge on any atom is -0.345 e. The van der Waals surface area contributed by atoms with Gasteiger partial charge in [-0.2, -0.15) is 0 Å². The van der Waals surface area contributed by atoms with Crippen molar-refractivity contribution in [3.63, 3.8) is 0 Å². The van der Waals surface area contributed by atoms with Crippen molar-refractivity contribution < 1.29 is 4.79 Å². The second-order valence-corrected chi connectivity index (χ2v) is 6.32. The number of carbonyl (C=O) groups is 1. The molecule has 1 amide bonds. The Kier molecular flexibility index (Phi) is 4.28. The zero-order valence-corrected chi connectivity index (χ0v) is 14.6. The fourth-order valence-corrected chi connectivity index (χ4v) is 2.92. The number of carbonyl (C=O) groups excluding carboxylic acids is 1. The van der Waals surface area contributed by atoms with Gasteiger partial charge in [0.05, 0.1) is 17.7 Å². The Morgan fingerprint density at radius 2 is 2.04 bits per heavy atom. The van der Waals surface area contributed by atoms with Gasteiger partial charge in [0, 0.05) is 18.8 Å². The molecule has 3 rings (SSSR count). The number of nitrogens with zero attached hydrogens (tertiary/aromatic N) is 2. The van der Waals surface area contributed by atoms with Crippen LogP contribution in [0.5, 0.6) is 0 Å². The van der Waals surface area contributed by atoms with Crippen molar-refractivity contribution in [2.75, 3.05) is 7.05 Å². The van der Waals surface area contributed by atoms with Gasteiger partial charge in [-0.3, -0.25) is 20.1 Å². The maximum atomic E-state index is 12.2. The monoisotopic (exact) mass is 332 g/mol. The third kappa shape index (κ3) is 3.24. The molecule has 1 aliphatic heterocycles. The molecule has 0 radical (unpaired) electrons. The maximum absolute atomic E-state index is 12.2. The molecule has 0 unspecified atom stereocenters. The summed E-state index contributed by atoms with van der Waals surface area (Å²) >= 11 is 0. The third-order valence-electron chi connectivity index (χ3n) is 4.40. The zero-order chi connectivity index (χ0) is 18.0. The summed E-state index contributed by atoms with van der Waals surface area (Å²) < 4.78 is 0. The molecular formula is C20H20N4O. The second-order valence-electron chi connectivity index (χ2n) is 6.32. The molecule has 25 heavy (non-hydrogen) atoms. The molecule has 1 aromatic heterocycles. The fourth-order valence-electron chi connectivity index (χ4n) is 2.92. The van der Waals surface area contributed by atoms with Crippen molar-refractivity contribution in [2.45, 2.75) is 25.8 Å². The molecule has 5 nitrogen and oxygen atoms in total. The van der Waals surface area contributed by atoms with Crippen LogP contribution in [-0.4, -0.2) is 28.8 Å². The van der Waals surface area contributed by atoms with Crippen LogP contribution in [0.2, 0.25) is 0 Å². The predicted molar refractivity (Wildman–Crippen MR) is 97.8 cm³/mol. The molecule has 0 aliphatic carbocycles. The molecule has 1 atom stereocenters. The van der Waals surface area contributed by atoms with Gasteiger partial charge in [-0.05, 0) is 49.2 Å². The first-order valence-electron chi connectivity index (χ1n) is 8.06. The SMILES string of the molecule is CC#Cc1cccc(-c2ccnc([C@]3(C)CC(=O)N(C)C(=N)N3)c2)c1. The van der Waals surface area contributed by atoms with E-state index in [1.54, 1.807) is 13.2 Å². The summed E-state index contributed by atoms with van der Waals surface area (Å²) in [4.78, 5) is 17.9. The highest BCUT2D eigenvalue weighted by atomic mass is 16.2. The van der Waals surface area contributed by atoms with Gasteiger partial charge in [0.1, 0.15) is 0 Å². The molecule has 126 valence electrons. The van der Waals surface area contributed by atoms with Crippen LogP contribution in [0.4, 0.5) is 0 Å². The van der Waals surface area contributed by atoms with E-state index in [1.165, 1.54) is 4.90 Å². The van der Waals surface area contributed by atoms with Gasteiger partial charge in [-0.15, -0.1) is 5.92 Å². The van der Waals surface area contributed by atoms with Crippen molar-refractivity contribution in [1.82, 2.24) is 15.2 Å². The number of hydrogen-bond donors (Lipinski definition) is 2. The van der Waals surface area contributed by atoms with Crippen LogP contribution >= 0.6 is 0 Å². The van der Waals surface area contributed by atoms with E-state index in [9.17, 15) is 4.79 Å². The quantitative estimate of drug-likeness (QED) is 0.831. The van der Waals surface area contributed by atoms with E-state index in [-0.39, 0.29) is 18.3 Å². The van der Waals surface area contributed by atoms with Crippen molar-refractivity contribution in [3.8, 4) is 23.0 Å². The molecule has 1 aromatic carbocycles. The van der Waals surface area contributed by atoms with Crippen LogP contribution in [0.1, 0.15) is 31.5 Å². The predicted octanol–water partition coefficient (Wildman–Crippen LogP) is 2.72. The van der Waals surface area contributed by atoms with E-state index in [1.807, 2.05) is 50.2 Å². The molecule has 0 bridgehead atoms. The Morgan fingerprint density at radius 1 is 1.28 bits per heavy atom. The van der Waals surface area contributed by atoms with Crippen molar-refractivity contribution in [3.05, 3.63) is 53.9 Å². The molecule has 5 heteroatoms. The highest BCUT2D eigenvalue weighted by Crippen LogP contribution is 2.30. The van der Waals surface area contributed by atoms with Gasteiger partial charge < -0.3 is 5.32 Å². The number of pyridine rings is 1. The zero-order valence-electron chi connectivity index (χ0n) is 14.6. The summed E-state index contributed by atoms with van der Waals surface area (Å²) in [5, 5.41) is 11.1. The minimum atomic E-state index is -0.697. The van der Waals surface area contributed by atoms with Crippen molar-refractivity contribution in [2.24, 2.45) is 0 Å². The molecule has 1 fully saturated rings. The number of hydrogen-bond acceptors (Lipinski definition) is 3. The number of guanidine groups is 1. The van der Waals surface area contributed by atoms with Gasteiger partial charge in [-0.25, -0.2) is 0 Å².